The summed E-state index contributed by atoms with van der Waals surface area (Å²) < 4.78 is 0. The molecule has 0 spiro atoms. The highest BCUT2D eigenvalue weighted by Gasteiger charge is 2.51. The third-order valence-corrected chi connectivity index (χ3v) is 4.84. The van der Waals surface area contributed by atoms with Crippen LogP contribution in [0, 0.1) is 5.92 Å². The Kier molecular flexibility index (Phi) is 2.67. The molecule has 2 fully saturated rings. The normalized spacial score (nSPS) is 34.1. The van der Waals surface area contributed by atoms with Crippen LogP contribution in [-0.4, -0.2) is 33.0 Å². The van der Waals surface area contributed by atoms with Gasteiger partial charge >= 0.3 is 5.97 Å². The third-order valence-electron chi connectivity index (χ3n) is 4.23. The van der Waals surface area contributed by atoms with Gasteiger partial charge in [0.05, 0.1) is 23.2 Å². The molecule has 92 valence electrons. The van der Waals surface area contributed by atoms with Crippen LogP contribution < -0.4 is 0 Å². The average Bonchev–Trinajstić information content (AvgIpc) is 3.03. The lowest BCUT2D eigenvalue weighted by Crippen LogP contribution is -2.35. The quantitative estimate of drug-likeness (QED) is 0.895. The SMILES string of the molecule is CC(c1cscn1)N1C2CCC1C(C(=O)O)C2. The number of fused-ring (bicyclic) bond motifs is 2. The van der Waals surface area contributed by atoms with Gasteiger partial charge in [-0.3, -0.25) is 9.69 Å². The Labute approximate surface area is 104 Å². The van der Waals surface area contributed by atoms with Gasteiger partial charge in [0.2, 0.25) is 0 Å². The van der Waals surface area contributed by atoms with Crippen LogP contribution in [0.5, 0.6) is 0 Å². The first kappa shape index (κ1) is 11.2. The second-order valence-electron chi connectivity index (χ2n) is 5.02. The van der Waals surface area contributed by atoms with Crippen LogP contribution in [-0.2, 0) is 4.79 Å². The van der Waals surface area contributed by atoms with Gasteiger partial charge in [-0.2, -0.15) is 0 Å². The molecule has 3 heterocycles. The molecule has 0 saturated carbocycles. The zero-order valence-corrected chi connectivity index (χ0v) is 10.6. The maximum atomic E-state index is 11.2. The summed E-state index contributed by atoms with van der Waals surface area (Å²) in [5.41, 5.74) is 2.93. The number of carboxylic acids is 1. The second-order valence-corrected chi connectivity index (χ2v) is 5.73. The van der Waals surface area contributed by atoms with E-state index < -0.39 is 5.97 Å². The van der Waals surface area contributed by atoms with Crippen molar-refractivity contribution in [2.45, 2.75) is 44.3 Å². The Morgan fingerprint density at radius 3 is 3.06 bits per heavy atom. The molecule has 0 radical (unpaired) electrons. The fraction of sp³-hybridized carbons (Fsp3) is 0.667. The van der Waals surface area contributed by atoms with Crippen LogP contribution in [0.4, 0.5) is 0 Å². The third kappa shape index (κ3) is 1.68. The Bertz CT molecular complexity index is 420. The van der Waals surface area contributed by atoms with Crippen molar-refractivity contribution in [1.29, 1.82) is 0 Å². The van der Waals surface area contributed by atoms with Crippen molar-refractivity contribution in [2.75, 3.05) is 0 Å². The van der Waals surface area contributed by atoms with E-state index in [1.165, 1.54) is 0 Å². The van der Waals surface area contributed by atoms with Gasteiger partial charge in [0.1, 0.15) is 0 Å². The number of nitrogens with zero attached hydrogens (tertiary/aromatic N) is 2. The minimum atomic E-state index is -0.632. The summed E-state index contributed by atoms with van der Waals surface area (Å²) in [6, 6.07) is 0.912. The first-order valence-electron chi connectivity index (χ1n) is 6.07. The van der Waals surface area contributed by atoms with Gasteiger partial charge in [-0.05, 0) is 26.2 Å². The molecule has 0 aliphatic carbocycles. The number of hydrogen-bond donors (Lipinski definition) is 1. The molecular formula is C12H16N2O2S. The number of thiazole rings is 1. The number of rotatable bonds is 3. The van der Waals surface area contributed by atoms with Crippen LogP contribution in [0.3, 0.4) is 0 Å². The Morgan fingerprint density at radius 1 is 1.65 bits per heavy atom. The largest absolute Gasteiger partial charge is 0.481 e. The number of aromatic nitrogens is 1. The van der Waals surface area contributed by atoms with E-state index in [1.807, 2.05) is 5.51 Å². The van der Waals surface area contributed by atoms with Crippen molar-refractivity contribution < 1.29 is 9.90 Å². The van der Waals surface area contributed by atoms with Gasteiger partial charge in [-0.15, -0.1) is 11.3 Å². The molecule has 4 nitrogen and oxygen atoms in total. The minimum Gasteiger partial charge on any atom is -0.481 e. The zero-order valence-electron chi connectivity index (χ0n) is 9.74. The van der Waals surface area contributed by atoms with E-state index >= 15 is 0 Å². The summed E-state index contributed by atoms with van der Waals surface area (Å²) in [5, 5.41) is 11.3. The highest BCUT2D eigenvalue weighted by atomic mass is 32.1. The lowest BCUT2D eigenvalue weighted by molar-refractivity contribution is -0.142. The van der Waals surface area contributed by atoms with Crippen molar-refractivity contribution in [3.63, 3.8) is 0 Å². The standard InChI is InChI=1S/C12H16N2O2S/c1-7(10-5-17-6-13-10)14-8-2-3-11(14)9(4-8)12(15)16/h5-9,11H,2-4H2,1H3,(H,15,16). The number of aliphatic carboxylic acids is 1. The van der Waals surface area contributed by atoms with Crippen molar-refractivity contribution in [1.82, 2.24) is 9.88 Å². The Hall–Kier alpha value is -0.940. The molecule has 4 unspecified atom stereocenters. The zero-order chi connectivity index (χ0) is 12.0. The molecule has 2 saturated heterocycles. The van der Waals surface area contributed by atoms with E-state index in [2.05, 4.69) is 22.2 Å². The van der Waals surface area contributed by atoms with E-state index in [0.717, 1.165) is 25.0 Å². The monoisotopic (exact) mass is 252 g/mol. The summed E-state index contributed by atoms with van der Waals surface area (Å²) in [6.45, 7) is 2.14. The van der Waals surface area contributed by atoms with Crippen LogP contribution in [0.25, 0.3) is 0 Å². The fourth-order valence-corrected chi connectivity index (χ4v) is 4.12. The van der Waals surface area contributed by atoms with Crippen molar-refractivity contribution in [3.8, 4) is 0 Å². The topological polar surface area (TPSA) is 53.4 Å². The predicted octanol–water partition coefficient (Wildman–Crippen LogP) is 2.14. The smallest absolute Gasteiger partial charge is 0.308 e. The summed E-state index contributed by atoms with van der Waals surface area (Å²) in [4.78, 5) is 17.9. The number of carboxylic acid groups (broad SMARTS) is 1. The fourth-order valence-electron chi connectivity index (χ4n) is 3.48. The minimum absolute atomic E-state index is 0.171. The molecule has 1 aromatic heterocycles. The maximum absolute atomic E-state index is 11.2. The predicted molar refractivity (Wildman–Crippen MR) is 64.9 cm³/mol. The van der Waals surface area contributed by atoms with E-state index in [4.69, 9.17) is 0 Å². The summed E-state index contributed by atoms with van der Waals surface area (Å²) in [6.07, 6.45) is 2.98. The van der Waals surface area contributed by atoms with Crippen LogP contribution >= 0.6 is 11.3 Å². The van der Waals surface area contributed by atoms with Crippen molar-refractivity contribution >= 4 is 17.3 Å². The average molecular weight is 252 g/mol. The lowest BCUT2D eigenvalue weighted by Gasteiger charge is -2.28. The molecule has 4 atom stereocenters. The van der Waals surface area contributed by atoms with Gasteiger partial charge in [0.15, 0.2) is 0 Å². The van der Waals surface area contributed by atoms with Crippen molar-refractivity contribution in [3.05, 3.63) is 16.6 Å². The number of hydrogen-bond acceptors (Lipinski definition) is 4. The van der Waals surface area contributed by atoms with Gasteiger partial charge in [0, 0.05) is 17.5 Å². The van der Waals surface area contributed by atoms with Gasteiger partial charge in [-0.1, -0.05) is 0 Å². The highest BCUT2D eigenvalue weighted by molar-refractivity contribution is 7.07. The Balaban J connectivity index is 1.83. The molecule has 2 bridgehead atoms. The van der Waals surface area contributed by atoms with Gasteiger partial charge in [0.25, 0.3) is 0 Å². The lowest BCUT2D eigenvalue weighted by atomic mass is 9.89. The van der Waals surface area contributed by atoms with E-state index in [-0.39, 0.29) is 18.0 Å². The number of carbonyl (C=O) groups is 1. The summed E-state index contributed by atoms with van der Waals surface area (Å²) in [7, 11) is 0. The molecule has 1 aromatic rings. The molecule has 2 aliphatic rings. The summed E-state index contributed by atoms with van der Waals surface area (Å²) >= 11 is 1.60. The second kappa shape index (κ2) is 4.07. The maximum Gasteiger partial charge on any atom is 0.308 e. The highest BCUT2D eigenvalue weighted by Crippen LogP contribution is 2.46. The first-order valence-corrected chi connectivity index (χ1v) is 7.01. The van der Waals surface area contributed by atoms with E-state index in [9.17, 15) is 9.90 Å². The van der Waals surface area contributed by atoms with E-state index in [0.29, 0.717) is 6.04 Å². The molecule has 2 aliphatic heterocycles. The van der Waals surface area contributed by atoms with Gasteiger partial charge < -0.3 is 5.11 Å². The van der Waals surface area contributed by atoms with Crippen LogP contribution in [0.1, 0.15) is 37.9 Å². The molecular weight excluding hydrogens is 236 g/mol. The van der Waals surface area contributed by atoms with Gasteiger partial charge in [-0.25, -0.2) is 4.98 Å². The molecule has 1 N–H and O–H groups in total. The van der Waals surface area contributed by atoms with Crippen LogP contribution in [0.2, 0.25) is 0 Å². The molecule has 0 aromatic carbocycles. The first-order chi connectivity index (χ1) is 8.18. The molecule has 0 amide bonds. The molecule has 3 rings (SSSR count). The van der Waals surface area contributed by atoms with Crippen LogP contribution in [0.15, 0.2) is 10.9 Å². The molecule has 17 heavy (non-hydrogen) atoms. The van der Waals surface area contributed by atoms with Crippen molar-refractivity contribution in [2.24, 2.45) is 5.92 Å². The molecule has 5 heteroatoms. The Morgan fingerprint density at radius 2 is 2.47 bits per heavy atom. The summed E-state index contributed by atoms with van der Waals surface area (Å²) in [5.74, 6) is -0.803. The van der Waals surface area contributed by atoms with E-state index in [1.54, 1.807) is 11.3 Å².